The maximum Gasteiger partial charge on any atom is 0.133 e. The molecule has 1 aliphatic heterocycles. The molecular formula is C18H23N3O3. The lowest BCUT2D eigenvalue weighted by atomic mass is 10.1. The third kappa shape index (κ3) is 3.36. The van der Waals surface area contributed by atoms with Crippen LogP contribution in [0.1, 0.15) is 29.9 Å². The molecule has 4 rings (SSSR count). The van der Waals surface area contributed by atoms with E-state index in [2.05, 4.69) is 15.0 Å². The van der Waals surface area contributed by atoms with E-state index in [0.29, 0.717) is 12.6 Å². The average molecular weight is 329 g/mol. The second kappa shape index (κ2) is 7.01. The van der Waals surface area contributed by atoms with E-state index in [-0.39, 0.29) is 12.2 Å². The molecule has 0 N–H and O–H groups in total. The molecule has 3 heterocycles. The van der Waals surface area contributed by atoms with Crippen molar-refractivity contribution in [3.05, 3.63) is 47.6 Å². The van der Waals surface area contributed by atoms with Crippen molar-refractivity contribution in [1.29, 1.82) is 0 Å². The molecule has 0 bridgehead atoms. The average Bonchev–Trinajstić information content (AvgIpc) is 3.21. The zero-order valence-corrected chi connectivity index (χ0v) is 13.9. The van der Waals surface area contributed by atoms with Gasteiger partial charge >= 0.3 is 0 Å². The summed E-state index contributed by atoms with van der Waals surface area (Å²) >= 11 is 0. The fraction of sp³-hybridized carbons (Fsp3) is 0.556. The van der Waals surface area contributed by atoms with Gasteiger partial charge in [-0.3, -0.25) is 9.88 Å². The van der Waals surface area contributed by atoms with Crippen molar-refractivity contribution in [2.75, 3.05) is 13.2 Å². The number of fused-ring (bicyclic) bond motifs is 1. The molecule has 1 saturated carbocycles. The fourth-order valence-corrected chi connectivity index (χ4v) is 3.75. The summed E-state index contributed by atoms with van der Waals surface area (Å²) in [5, 5.41) is 4.12. The van der Waals surface area contributed by atoms with Gasteiger partial charge in [0, 0.05) is 37.6 Å². The van der Waals surface area contributed by atoms with Gasteiger partial charge in [0.05, 0.1) is 31.1 Å². The Balaban J connectivity index is 1.37. The van der Waals surface area contributed by atoms with Gasteiger partial charge in [0.15, 0.2) is 0 Å². The van der Waals surface area contributed by atoms with Crippen molar-refractivity contribution in [2.24, 2.45) is 0 Å². The molecule has 1 saturated heterocycles. The van der Waals surface area contributed by atoms with Crippen molar-refractivity contribution >= 4 is 0 Å². The number of pyridine rings is 1. The Morgan fingerprint density at radius 2 is 2.17 bits per heavy atom. The van der Waals surface area contributed by atoms with Crippen LogP contribution in [0.3, 0.4) is 0 Å². The summed E-state index contributed by atoms with van der Waals surface area (Å²) in [6.07, 6.45) is 6.04. The monoisotopic (exact) mass is 329 g/mol. The maximum atomic E-state index is 6.15. The third-order valence-corrected chi connectivity index (χ3v) is 4.91. The number of hydrogen-bond donors (Lipinski definition) is 0. The number of aromatic nitrogens is 2. The molecule has 0 amide bonds. The summed E-state index contributed by atoms with van der Waals surface area (Å²) in [6.45, 7) is 5.04. The molecular weight excluding hydrogens is 306 g/mol. The van der Waals surface area contributed by atoms with Crippen molar-refractivity contribution in [2.45, 2.75) is 51.2 Å². The first kappa shape index (κ1) is 15.7. The predicted octanol–water partition coefficient (Wildman–Crippen LogP) is 2.33. The van der Waals surface area contributed by atoms with Crippen molar-refractivity contribution < 1.29 is 14.0 Å². The van der Waals surface area contributed by atoms with Crippen LogP contribution < -0.4 is 0 Å². The smallest absolute Gasteiger partial charge is 0.133 e. The fourth-order valence-electron chi connectivity index (χ4n) is 3.75. The molecule has 0 aromatic carbocycles. The molecule has 0 unspecified atom stereocenters. The summed E-state index contributed by atoms with van der Waals surface area (Å²) in [4.78, 5) is 6.50. The topological polar surface area (TPSA) is 60.6 Å². The second-order valence-electron chi connectivity index (χ2n) is 6.58. The van der Waals surface area contributed by atoms with Crippen LogP contribution in [0.4, 0.5) is 0 Å². The number of aryl methyl sites for hydroxylation is 1. The van der Waals surface area contributed by atoms with Gasteiger partial charge in [0.2, 0.25) is 0 Å². The molecule has 6 heteroatoms. The zero-order valence-electron chi connectivity index (χ0n) is 13.9. The van der Waals surface area contributed by atoms with Crippen LogP contribution in [-0.2, 0) is 22.6 Å². The van der Waals surface area contributed by atoms with Crippen molar-refractivity contribution in [1.82, 2.24) is 15.0 Å². The standard InChI is InChI=1S/C18H23N3O3/c1-13-10-15(20-24-13)11-21-8-9-22-18-16(21)2-3-17(18)23-12-14-4-6-19-7-5-14/h4-7,10,16-18H,2-3,8-9,11-12H2,1H3/t16-,17-,18+/m0/s1. The van der Waals surface area contributed by atoms with Crippen molar-refractivity contribution in [3.63, 3.8) is 0 Å². The van der Waals surface area contributed by atoms with Gasteiger partial charge in [0.1, 0.15) is 5.76 Å². The predicted molar refractivity (Wildman–Crippen MR) is 87.2 cm³/mol. The summed E-state index contributed by atoms with van der Waals surface area (Å²) < 4.78 is 17.4. The van der Waals surface area contributed by atoms with Gasteiger partial charge in [-0.2, -0.15) is 0 Å². The molecule has 2 aromatic rings. The van der Waals surface area contributed by atoms with Crippen LogP contribution in [0.25, 0.3) is 0 Å². The first-order valence-electron chi connectivity index (χ1n) is 8.58. The molecule has 2 fully saturated rings. The second-order valence-corrected chi connectivity index (χ2v) is 6.58. The Hall–Kier alpha value is -1.76. The largest absolute Gasteiger partial charge is 0.373 e. The highest BCUT2D eigenvalue weighted by atomic mass is 16.5. The summed E-state index contributed by atoms with van der Waals surface area (Å²) in [6, 6.07) is 6.40. The van der Waals surface area contributed by atoms with Gasteiger partial charge in [-0.25, -0.2) is 0 Å². The Morgan fingerprint density at radius 3 is 2.96 bits per heavy atom. The molecule has 3 atom stereocenters. The third-order valence-electron chi connectivity index (χ3n) is 4.91. The van der Waals surface area contributed by atoms with E-state index in [1.807, 2.05) is 25.1 Å². The Kier molecular flexibility index (Phi) is 4.60. The van der Waals surface area contributed by atoms with E-state index in [1.54, 1.807) is 12.4 Å². The van der Waals surface area contributed by atoms with Crippen LogP contribution in [-0.4, -0.2) is 46.4 Å². The van der Waals surface area contributed by atoms with Gasteiger partial charge in [0.25, 0.3) is 0 Å². The first-order chi connectivity index (χ1) is 11.8. The quantitative estimate of drug-likeness (QED) is 0.839. The molecule has 2 aromatic heterocycles. The van der Waals surface area contributed by atoms with Crippen LogP contribution >= 0.6 is 0 Å². The highest BCUT2D eigenvalue weighted by Crippen LogP contribution is 2.33. The summed E-state index contributed by atoms with van der Waals surface area (Å²) in [5.41, 5.74) is 2.15. The molecule has 2 aliphatic rings. The number of ether oxygens (including phenoxy) is 2. The Morgan fingerprint density at radius 1 is 1.29 bits per heavy atom. The summed E-state index contributed by atoms with van der Waals surface area (Å²) in [7, 11) is 0. The van der Waals surface area contributed by atoms with E-state index in [0.717, 1.165) is 49.6 Å². The van der Waals surface area contributed by atoms with E-state index in [4.69, 9.17) is 14.0 Å². The molecule has 0 radical (unpaired) electrons. The molecule has 24 heavy (non-hydrogen) atoms. The highest BCUT2D eigenvalue weighted by Gasteiger charge is 2.43. The van der Waals surface area contributed by atoms with Gasteiger partial charge in [-0.15, -0.1) is 0 Å². The number of morpholine rings is 1. The van der Waals surface area contributed by atoms with E-state index in [9.17, 15) is 0 Å². The SMILES string of the molecule is Cc1cc(CN2CCO[C@H]3[C@@H](OCc4ccncc4)CC[C@@H]32)no1. The highest BCUT2D eigenvalue weighted by molar-refractivity contribution is 5.09. The lowest BCUT2D eigenvalue weighted by Crippen LogP contribution is -2.51. The number of hydrogen-bond acceptors (Lipinski definition) is 6. The molecule has 128 valence electrons. The minimum absolute atomic E-state index is 0.147. The summed E-state index contributed by atoms with van der Waals surface area (Å²) in [5.74, 6) is 0.861. The van der Waals surface area contributed by atoms with Crippen LogP contribution in [0, 0.1) is 6.92 Å². The van der Waals surface area contributed by atoms with E-state index in [1.165, 1.54) is 0 Å². The maximum absolute atomic E-state index is 6.15. The van der Waals surface area contributed by atoms with Gasteiger partial charge in [-0.1, -0.05) is 5.16 Å². The first-order valence-corrected chi connectivity index (χ1v) is 8.58. The Labute approximate surface area is 141 Å². The minimum atomic E-state index is 0.147. The lowest BCUT2D eigenvalue weighted by molar-refractivity contribution is -0.119. The lowest BCUT2D eigenvalue weighted by Gasteiger charge is -2.38. The minimum Gasteiger partial charge on any atom is -0.373 e. The molecule has 1 aliphatic carbocycles. The van der Waals surface area contributed by atoms with Crippen molar-refractivity contribution in [3.8, 4) is 0 Å². The Bertz CT molecular complexity index is 661. The van der Waals surface area contributed by atoms with Crippen LogP contribution in [0.5, 0.6) is 0 Å². The normalized spacial score (nSPS) is 27.3. The molecule has 6 nitrogen and oxygen atoms in total. The van der Waals surface area contributed by atoms with Gasteiger partial charge in [-0.05, 0) is 37.5 Å². The van der Waals surface area contributed by atoms with E-state index < -0.39 is 0 Å². The van der Waals surface area contributed by atoms with Crippen LogP contribution in [0.15, 0.2) is 35.1 Å². The number of nitrogens with zero attached hydrogens (tertiary/aromatic N) is 3. The zero-order chi connectivity index (χ0) is 16.4. The molecule has 0 spiro atoms. The van der Waals surface area contributed by atoms with E-state index >= 15 is 0 Å². The van der Waals surface area contributed by atoms with Gasteiger partial charge < -0.3 is 14.0 Å². The van der Waals surface area contributed by atoms with Crippen LogP contribution in [0.2, 0.25) is 0 Å². The number of rotatable bonds is 5.